The van der Waals surface area contributed by atoms with E-state index in [2.05, 4.69) is 79.5 Å². The fourth-order valence-corrected chi connectivity index (χ4v) is 5.37. The average Bonchev–Trinajstić information content (AvgIpc) is 2.63. The Labute approximate surface area is 207 Å². The van der Waals surface area contributed by atoms with Gasteiger partial charge in [0.2, 0.25) is 0 Å². The highest BCUT2D eigenvalue weighted by Crippen LogP contribution is 2.53. The van der Waals surface area contributed by atoms with Crippen LogP contribution in [0.3, 0.4) is 0 Å². The van der Waals surface area contributed by atoms with Gasteiger partial charge in [0.15, 0.2) is 10.4 Å². The minimum absolute atomic E-state index is 0.0383. The first-order valence-corrected chi connectivity index (χ1v) is 13.3. The lowest BCUT2D eigenvalue weighted by molar-refractivity contribution is 0.256. The number of ether oxygens (including phenoxy) is 2. The summed E-state index contributed by atoms with van der Waals surface area (Å²) in [5.41, 5.74) is 4.89. The van der Waals surface area contributed by atoms with Gasteiger partial charge in [-0.25, -0.2) is 0 Å². The zero-order chi connectivity index (χ0) is 25.1. The summed E-state index contributed by atoms with van der Waals surface area (Å²) in [6.07, 6.45) is 0. The number of nitrogens with one attached hydrogen (secondary N) is 1. The molecule has 6 heteroatoms. The number of hydrogen-bond acceptors (Lipinski definition) is 3. The largest absolute Gasteiger partial charge is 0.486 e. The van der Waals surface area contributed by atoms with Crippen LogP contribution < -0.4 is 5.09 Å². The third kappa shape index (κ3) is 7.86. The Hall–Kier alpha value is -0.890. The molecule has 0 aliphatic heterocycles. The molecule has 0 aromatic heterocycles. The summed E-state index contributed by atoms with van der Waals surface area (Å²) >= 11 is 12.8. The van der Waals surface area contributed by atoms with E-state index in [1.165, 1.54) is 16.7 Å². The zero-order valence-corrected chi connectivity index (χ0v) is 24.4. The van der Waals surface area contributed by atoms with Gasteiger partial charge in [-0.3, -0.25) is 0 Å². The van der Waals surface area contributed by atoms with Crippen LogP contribution in [0.1, 0.15) is 92.9 Å². The normalized spacial score (nSPS) is 15.2. The van der Waals surface area contributed by atoms with Gasteiger partial charge in [-0.15, -0.1) is 0 Å². The first kappa shape index (κ1) is 29.1. The molecule has 0 saturated heterocycles. The van der Waals surface area contributed by atoms with Crippen molar-refractivity contribution in [3.63, 3.8) is 0 Å². The third-order valence-corrected chi connectivity index (χ3v) is 8.01. The average molecular weight is 503 g/mol. The van der Waals surface area contributed by atoms with Crippen LogP contribution in [-0.4, -0.2) is 13.7 Å². The molecule has 3 nitrogen and oxygen atoms in total. The van der Waals surface area contributed by atoms with Crippen LogP contribution in [0.2, 0.25) is 0 Å². The minimum atomic E-state index is -1.11. The van der Waals surface area contributed by atoms with Crippen LogP contribution in [0, 0.1) is 0 Å². The molecule has 1 rings (SSSR count). The molecule has 1 N–H and O–H groups in total. The Morgan fingerprint density at radius 2 is 1.41 bits per heavy atom. The molecule has 0 aliphatic rings. The maximum Gasteiger partial charge on any atom is 0.192 e. The third-order valence-electron chi connectivity index (χ3n) is 5.19. The van der Waals surface area contributed by atoms with Gasteiger partial charge in [0.1, 0.15) is 0 Å². The number of hydrogen-bond donors (Lipinski definition) is 1. The minimum Gasteiger partial charge on any atom is -0.486 e. The summed E-state index contributed by atoms with van der Waals surface area (Å²) in [7, 11) is 0.471. The fraction of sp³-hybridized carbons (Fsp3) is 0.615. The first-order chi connectivity index (χ1) is 14.4. The van der Waals surface area contributed by atoms with E-state index in [-0.39, 0.29) is 16.2 Å². The van der Waals surface area contributed by atoms with Crippen molar-refractivity contribution in [1.82, 2.24) is 0 Å². The van der Waals surface area contributed by atoms with Crippen molar-refractivity contribution < 1.29 is 9.47 Å². The summed E-state index contributed by atoms with van der Waals surface area (Å²) in [5, 5.41) is 5.42. The molecule has 1 unspecified atom stereocenters. The van der Waals surface area contributed by atoms with Crippen molar-refractivity contribution in [2.45, 2.75) is 92.4 Å². The highest BCUT2D eigenvalue weighted by atomic mass is 35.5. The summed E-state index contributed by atoms with van der Waals surface area (Å²) in [5.74, 6) is 1.91. The Bertz CT molecular complexity index is 821. The Morgan fingerprint density at radius 1 is 0.938 bits per heavy atom. The quantitative estimate of drug-likeness (QED) is 0.297. The van der Waals surface area contributed by atoms with Gasteiger partial charge in [0.25, 0.3) is 0 Å². The van der Waals surface area contributed by atoms with Crippen LogP contribution in [-0.2, 0) is 25.7 Å². The van der Waals surface area contributed by atoms with E-state index in [0.29, 0.717) is 17.0 Å². The summed E-state index contributed by atoms with van der Waals surface area (Å²) in [4.78, 5) is 0. The summed E-state index contributed by atoms with van der Waals surface area (Å²) < 4.78 is 10.9. The molecule has 0 amide bonds. The summed E-state index contributed by atoms with van der Waals surface area (Å²) in [6, 6.07) is 4.69. The molecule has 1 aromatic carbocycles. The predicted octanol–water partition coefficient (Wildman–Crippen LogP) is 9.54. The van der Waals surface area contributed by atoms with Crippen molar-refractivity contribution in [3.05, 3.63) is 50.4 Å². The molecular weight excluding hydrogens is 460 g/mol. The van der Waals surface area contributed by atoms with E-state index in [1.807, 2.05) is 19.7 Å². The highest BCUT2D eigenvalue weighted by Gasteiger charge is 2.30. The van der Waals surface area contributed by atoms with Gasteiger partial charge < -0.3 is 14.6 Å². The molecule has 0 fully saturated rings. The van der Waals surface area contributed by atoms with E-state index >= 15 is 0 Å². The molecule has 0 saturated carbocycles. The number of halogens is 2. The van der Waals surface area contributed by atoms with Gasteiger partial charge in [-0.05, 0) is 70.0 Å². The van der Waals surface area contributed by atoms with Crippen LogP contribution in [0.25, 0.3) is 0 Å². The van der Waals surface area contributed by atoms with Gasteiger partial charge in [-0.1, -0.05) is 74.4 Å². The van der Waals surface area contributed by atoms with Gasteiger partial charge >= 0.3 is 0 Å². The molecule has 32 heavy (non-hydrogen) atoms. The highest BCUT2D eigenvalue weighted by molar-refractivity contribution is 7.66. The van der Waals surface area contributed by atoms with Crippen LogP contribution in [0.5, 0.6) is 0 Å². The lowest BCUT2D eigenvalue weighted by Gasteiger charge is -2.35. The molecule has 0 aliphatic carbocycles. The monoisotopic (exact) mass is 501 g/mol. The van der Waals surface area contributed by atoms with E-state index in [1.54, 1.807) is 7.11 Å². The number of anilines is 1. The van der Waals surface area contributed by atoms with E-state index in [0.717, 1.165) is 11.0 Å². The molecule has 0 heterocycles. The topological polar surface area (TPSA) is 30.5 Å². The Morgan fingerprint density at radius 3 is 1.75 bits per heavy atom. The van der Waals surface area contributed by atoms with Crippen molar-refractivity contribution in [1.29, 1.82) is 0 Å². The first-order valence-electron chi connectivity index (χ1n) is 11.1. The van der Waals surface area contributed by atoms with E-state index < -0.39 is 8.07 Å². The van der Waals surface area contributed by atoms with Crippen molar-refractivity contribution in [2.75, 3.05) is 18.8 Å². The second kappa shape index (κ2) is 11.0. The number of rotatable bonds is 7. The molecule has 182 valence electrons. The predicted molar refractivity (Wildman–Crippen MR) is 144 cm³/mol. The molecular formula is C26H42Cl2NO2P. The molecule has 0 spiro atoms. The van der Waals surface area contributed by atoms with Gasteiger partial charge in [0.05, 0.1) is 13.7 Å². The molecule has 0 radical (unpaired) electrons. The SMILES string of the molecule is CCO/C(Cl)=C/P(Nc1c(C(C)(C)C)cc(C(C)(C)C)cc1C(C)(C)C)/C(C)=C(\Cl)OC. The maximum absolute atomic E-state index is 6.40. The zero-order valence-electron chi connectivity index (χ0n) is 22.0. The second-order valence-electron chi connectivity index (χ2n) is 11.1. The van der Waals surface area contributed by atoms with Crippen LogP contribution in [0.4, 0.5) is 5.69 Å². The van der Waals surface area contributed by atoms with Crippen molar-refractivity contribution in [3.8, 4) is 0 Å². The summed E-state index contributed by atoms with van der Waals surface area (Å²) in [6.45, 7) is 24.7. The standard InChI is InChI=1S/C26H42Cl2NO2P/c1-13-31-21(27)16-32(17(2)23(28)30-12)29-22-19(25(6,7)8)14-18(24(3,4)5)15-20(22)26(9,10)11/h14-16,29H,13H2,1-12H3/b21-16+,23-17+. The number of benzene rings is 1. The lowest BCUT2D eigenvalue weighted by atomic mass is 9.74. The van der Waals surface area contributed by atoms with Crippen molar-refractivity contribution in [2.24, 2.45) is 0 Å². The second-order valence-corrected chi connectivity index (χ2v) is 13.7. The van der Waals surface area contributed by atoms with Crippen LogP contribution in [0.15, 0.2) is 33.7 Å². The molecule has 1 atom stereocenters. The Balaban J connectivity index is 3.91. The molecule has 1 aromatic rings. The van der Waals surface area contributed by atoms with Gasteiger partial charge in [0, 0.05) is 24.9 Å². The fourth-order valence-electron chi connectivity index (χ4n) is 3.23. The van der Waals surface area contributed by atoms with E-state index in [4.69, 9.17) is 32.7 Å². The smallest absolute Gasteiger partial charge is 0.192 e. The Kier molecular flexibility index (Phi) is 10.0. The number of methoxy groups -OCH3 is 1. The number of allylic oxidation sites excluding steroid dienone is 1. The van der Waals surface area contributed by atoms with Crippen molar-refractivity contribution >= 4 is 37.0 Å². The molecule has 0 bridgehead atoms. The lowest BCUT2D eigenvalue weighted by Crippen LogP contribution is -2.23. The van der Waals surface area contributed by atoms with E-state index in [9.17, 15) is 0 Å². The van der Waals surface area contributed by atoms with Crippen LogP contribution >= 0.6 is 31.3 Å². The maximum atomic E-state index is 6.40. The van der Waals surface area contributed by atoms with Gasteiger partial charge in [-0.2, -0.15) is 0 Å².